The Morgan fingerprint density at radius 3 is 2.88 bits per heavy atom. The number of rotatable bonds is 5. The summed E-state index contributed by atoms with van der Waals surface area (Å²) in [6, 6.07) is 3.34. The molecule has 2 bridgehead atoms. The Labute approximate surface area is 138 Å². The van der Waals surface area contributed by atoms with E-state index < -0.39 is 28.5 Å². The van der Waals surface area contributed by atoms with Crippen LogP contribution >= 0.6 is 0 Å². The highest BCUT2D eigenvalue weighted by Gasteiger charge is 2.49. The minimum Gasteiger partial charge on any atom is -0.349 e. The first-order chi connectivity index (χ1) is 11.3. The Morgan fingerprint density at radius 2 is 2.21 bits per heavy atom. The predicted octanol–water partition coefficient (Wildman–Crippen LogP) is -0.299. The Hall–Kier alpha value is -2.24. The van der Waals surface area contributed by atoms with Crippen molar-refractivity contribution < 1.29 is 26.8 Å². The molecule has 2 N–H and O–H groups in total. The number of fused-ring (bicyclic) bond motifs is 2. The van der Waals surface area contributed by atoms with Crippen LogP contribution in [0.5, 0.6) is 0 Å². The van der Waals surface area contributed by atoms with E-state index in [-0.39, 0.29) is 19.0 Å². The zero-order valence-corrected chi connectivity index (χ0v) is 13.3. The second-order valence-corrected chi connectivity index (χ2v) is 6.55. The van der Waals surface area contributed by atoms with E-state index in [1.165, 1.54) is 4.90 Å². The van der Waals surface area contributed by atoms with Crippen molar-refractivity contribution in [1.82, 2.24) is 20.3 Å². The van der Waals surface area contributed by atoms with Gasteiger partial charge in [0.05, 0.1) is 18.3 Å². The zero-order valence-electron chi connectivity index (χ0n) is 12.5. The molecule has 2 aliphatic rings. The van der Waals surface area contributed by atoms with Crippen LogP contribution in [0.2, 0.25) is 0 Å². The van der Waals surface area contributed by atoms with Gasteiger partial charge in [0.2, 0.25) is 5.91 Å². The van der Waals surface area contributed by atoms with E-state index in [1.807, 2.05) is 0 Å². The summed E-state index contributed by atoms with van der Waals surface area (Å²) in [4.78, 5) is 29.9. The van der Waals surface area contributed by atoms with Crippen LogP contribution in [0.15, 0.2) is 24.4 Å². The lowest BCUT2D eigenvalue weighted by molar-refractivity contribution is -0.126. The number of carbonyl (C=O) groups excluding carboxylic acids is 2. The molecule has 0 aliphatic carbocycles. The van der Waals surface area contributed by atoms with Crippen molar-refractivity contribution >= 4 is 22.3 Å². The lowest BCUT2D eigenvalue weighted by atomic mass is 10.0. The molecule has 0 saturated carbocycles. The number of nitrogens with one attached hydrogen (secondary N) is 1. The number of hydrogen-bond donors (Lipinski definition) is 2. The zero-order chi connectivity index (χ0) is 17.3. The van der Waals surface area contributed by atoms with Crippen molar-refractivity contribution in [3.8, 4) is 0 Å². The molecule has 2 fully saturated rings. The molecule has 2 unspecified atom stereocenters. The van der Waals surface area contributed by atoms with Gasteiger partial charge in [0.1, 0.15) is 6.04 Å². The van der Waals surface area contributed by atoms with Crippen LogP contribution in [0.4, 0.5) is 4.79 Å². The van der Waals surface area contributed by atoms with Crippen molar-refractivity contribution in [2.45, 2.75) is 31.5 Å². The van der Waals surface area contributed by atoms with Crippen LogP contribution in [0, 0.1) is 0 Å². The van der Waals surface area contributed by atoms with Crippen LogP contribution in [0.25, 0.3) is 0 Å². The van der Waals surface area contributed by atoms with Crippen LogP contribution < -0.4 is 5.32 Å². The maximum Gasteiger partial charge on any atom is 0.418 e. The summed E-state index contributed by atoms with van der Waals surface area (Å²) < 4.78 is 34.7. The smallest absolute Gasteiger partial charge is 0.349 e. The highest BCUT2D eigenvalue weighted by atomic mass is 32.3. The first-order valence-electron chi connectivity index (χ1n) is 7.29. The molecule has 0 radical (unpaired) electrons. The van der Waals surface area contributed by atoms with Gasteiger partial charge in [-0.25, -0.2) is 4.79 Å². The fourth-order valence-corrected chi connectivity index (χ4v) is 3.29. The van der Waals surface area contributed by atoms with Gasteiger partial charge in [-0.1, -0.05) is 6.07 Å². The second kappa shape index (κ2) is 6.34. The van der Waals surface area contributed by atoms with Gasteiger partial charge in [-0.15, -0.1) is 4.28 Å². The summed E-state index contributed by atoms with van der Waals surface area (Å²) >= 11 is 0. The van der Waals surface area contributed by atoms with Gasteiger partial charge >= 0.3 is 16.4 Å². The van der Waals surface area contributed by atoms with E-state index in [9.17, 15) is 18.0 Å². The number of urea groups is 1. The van der Waals surface area contributed by atoms with Crippen molar-refractivity contribution in [3.05, 3.63) is 30.1 Å². The number of hydroxylamine groups is 2. The molecule has 2 atom stereocenters. The van der Waals surface area contributed by atoms with Gasteiger partial charge in [0.25, 0.3) is 0 Å². The first-order valence-corrected chi connectivity index (χ1v) is 8.66. The molecule has 24 heavy (non-hydrogen) atoms. The van der Waals surface area contributed by atoms with Crippen LogP contribution in [0.1, 0.15) is 18.5 Å². The van der Waals surface area contributed by atoms with E-state index in [1.54, 1.807) is 24.4 Å². The molecule has 3 heterocycles. The van der Waals surface area contributed by atoms with Crippen molar-refractivity contribution in [3.63, 3.8) is 0 Å². The molecule has 0 spiro atoms. The Kier molecular flexibility index (Phi) is 4.39. The standard InChI is InChI=1S/C13H16N4O6S/c18-12(15-7-9-3-1-2-6-14-9)11-5-4-10-8-16(11)13(19)17(10)23-24(20,21)22/h1-3,6,10-11H,4-5,7-8H2,(H,15,18)(H,20,21,22). The third kappa shape index (κ3) is 3.47. The number of amides is 3. The number of hydrogen-bond acceptors (Lipinski definition) is 6. The molecular formula is C13H16N4O6S. The molecule has 1 aromatic heterocycles. The maximum absolute atomic E-state index is 12.3. The van der Waals surface area contributed by atoms with Crippen LogP contribution in [-0.2, 0) is 26.0 Å². The Balaban J connectivity index is 1.64. The molecule has 11 heteroatoms. The molecule has 1 aromatic rings. The van der Waals surface area contributed by atoms with E-state index in [0.29, 0.717) is 23.6 Å². The van der Waals surface area contributed by atoms with Gasteiger partial charge in [0, 0.05) is 12.7 Å². The number of nitrogens with zero attached hydrogens (tertiary/aromatic N) is 3. The minimum absolute atomic E-state index is 0.163. The van der Waals surface area contributed by atoms with E-state index in [0.717, 1.165) is 0 Å². The first kappa shape index (κ1) is 16.6. The minimum atomic E-state index is -4.79. The number of aromatic nitrogens is 1. The summed E-state index contributed by atoms with van der Waals surface area (Å²) in [5.74, 6) is -0.346. The lowest BCUT2D eigenvalue weighted by Crippen LogP contribution is -2.49. The lowest BCUT2D eigenvalue weighted by Gasteiger charge is -2.29. The quantitative estimate of drug-likeness (QED) is 0.693. The SMILES string of the molecule is O=C(NCc1ccccn1)C1CCC2CN1C(=O)N2OS(=O)(=O)O. The number of pyridine rings is 1. The summed E-state index contributed by atoms with van der Waals surface area (Å²) in [6.07, 6.45) is 2.37. The Morgan fingerprint density at radius 1 is 1.42 bits per heavy atom. The fourth-order valence-electron chi connectivity index (χ4n) is 2.90. The molecule has 0 aromatic carbocycles. The van der Waals surface area contributed by atoms with E-state index >= 15 is 0 Å². The van der Waals surface area contributed by atoms with Gasteiger partial charge in [-0.2, -0.15) is 13.5 Å². The summed E-state index contributed by atoms with van der Waals surface area (Å²) in [6.45, 7) is 0.392. The fraction of sp³-hybridized carbons (Fsp3) is 0.462. The van der Waals surface area contributed by atoms with Gasteiger partial charge in [-0.05, 0) is 25.0 Å². The predicted molar refractivity (Wildman–Crippen MR) is 79.5 cm³/mol. The maximum atomic E-state index is 12.3. The van der Waals surface area contributed by atoms with Crippen molar-refractivity contribution in [2.75, 3.05) is 6.54 Å². The third-order valence-electron chi connectivity index (χ3n) is 3.97. The summed E-state index contributed by atoms with van der Waals surface area (Å²) in [5, 5.41) is 3.33. The molecular weight excluding hydrogens is 340 g/mol. The highest BCUT2D eigenvalue weighted by molar-refractivity contribution is 7.80. The van der Waals surface area contributed by atoms with Crippen molar-refractivity contribution in [2.24, 2.45) is 0 Å². The average molecular weight is 356 g/mol. The second-order valence-electron chi connectivity index (χ2n) is 5.55. The number of carbonyl (C=O) groups is 2. The van der Waals surface area contributed by atoms with E-state index in [4.69, 9.17) is 4.55 Å². The highest BCUT2D eigenvalue weighted by Crippen LogP contribution is 2.30. The van der Waals surface area contributed by atoms with Crippen LogP contribution in [-0.4, -0.2) is 58.5 Å². The normalized spacial score (nSPS) is 23.5. The van der Waals surface area contributed by atoms with E-state index in [2.05, 4.69) is 14.6 Å². The van der Waals surface area contributed by atoms with Crippen LogP contribution in [0.3, 0.4) is 0 Å². The van der Waals surface area contributed by atoms with Gasteiger partial charge in [0.15, 0.2) is 0 Å². The molecule has 2 aliphatic heterocycles. The third-order valence-corrected chi connectivity index (χ3v) is 4.32. The Bertz CT molecular complexity index is 740. The topological polar surface area (TPSA) is 129 Å². The molecule has 2 saturated heterocycles. The van der Waals surface area contributed by atoms with Crippen molar-refractivity contribution in [1.29, 1.82) is 0 Å². The largest absolute Gasteiger partial charge is 0.418 e. The molecule has 3 rings (SSSR count). The average Bonchev–Trinajstić information content (AvgIpc) is 2.77. The molecule has 3 amide bonds. The van der Waals surface area contributed by atoms with Gasteiger partial charge in [-0.3, -0.25) is 14.3 Å². The summed E-state index contributed by atoms with van der Waals surface area (Å²) in [7, 11) is -4.79. The molecule has 130 valence electrons. The van der Waals surface area contributed by atoms with Gasteiger partial charge < -0.3 is 10.2 Å². The molecule has 10 nitrogen and oxygen atoms in total. The summed E-state index contributed by atoms with van der Waals surface area (Å²) in [5.41, 5.74) is 0.684. The number of piperidine rings is 1. The monoisotopic (exact) mass is 356 g/mol.